The lowest BCUT2D eigenvalue weighted by atomic mass is 9.76. The lowest BCUT2D eigenvalue weighted by Crippen LogP contribution is -2.52. The van der Waals surface area contributed by atoms with Gasteiger partial charge in [-0.15, -0.1) is 0 Å². The Kier molecular flexibility index (Phi) is 3.16. The summed E-state index contributed by atoms with van der Waals surface area (Å²) >= 11 is 0. The number of methoxy groups -OCH3 is 1. The van der Waals surface area contributed by atoms with Gasteiger partial charge in [0, 0.05) is 0 Å². The number of hydrogen-bond donors (Lipinski definition) is 0. The second-order valence-corrected chi connectivity index (χ2v) is 6.75. The van der Waals surface area contributed by atoms with Gasteiger partial charge in [-0.05, 0) is 44.2 Å². The highest BCUT2D eigenvalue weighted by molar-refractivity contribution is 6.26. The molecule has 2 heterocycles. The molecule has 0 radical (unpaired) electrons. The summed E-state index contributed by atoms with van der Waals surface area (Å²) in [4.78, 5) is 38.6. The molecule has 1 aliphatic carbocycles. The molecule has 0 saturated heterocycles. The van der Waals surface area contributed by atoms with Crippen LogP contribution in [0.1, 0.15) is 24.2 Å². The molecule has 2 aliphatic heterocycles. The fourth-order valence-electron chi connectivity index (χ4n) is 3.29. The second-order valence-electron chi connectivity index (χ2n) is 6.75. The van der Waals surface area contributed by atoms with Crippen LogP contribution < -0.4 is 9.47 Å². The molecule has 4 rings (SSSR count). The normalized spacial score (nSPS) is 26.3. The Morgan fingerprint density at radius 3 is 2.56 bits per heavy atom. The van der Waals surface area contributed by atoms with E-state index in [4.69, 9.17) is 14.2 Å². The lowest BCUT2D eigenvalue weighted by Gasteiger charge is -2.38. The molecule has 0 aromatic heterocycles. The fourth-order valence-corrected chi connectivity index (χ4v) is 3.29. The minimum Gasteiger partial charge on any atom is -0.497 e. The van der Waals surface area contributed by atoms with Crippen LogP contribution in [0.15, 0.2) is 41.7 Å². The van der Waals surface area contributed by atoms with Gasteiger partial charge in [-0.3, -0.25) is 14.4 Å². The number of ether oxygens (including phenoxy) is 3. The zero-order valence-corrected chi connectivity index (χ0v) is 14.0. The molecule has 0 bridgehead atoms. The smallest absolute Gasteiger partial charge is 0.239 e. The molecule has 128 valence electrons. The predicted molar refractivity (Wildman–Crippen MR) is 86.6 cm³/mol. The van der Waals surface area contributed by atoms with Crippen molar-refractivity contribution in [2.24, 2.45) is 5.92 Å². The van der Waals surface area contributed by atoms with Crippen molar-refractivity contribution in [3.63, 3.8) is 0 Å². The van der Waals surface area contributed by atoms with Crippen LogP contribution in [0, 0.1) is 5.92 Å². The van der Waals surface area contributed by atoms with E-state index in [1.165, 1.54) is 13.2 Å². The highest BCUT2D eigenvalue weighted by Gasteiger charge is 2.53. The lowest BCUT2D eigenvalue weighted by molar-refractivity contribution is -0.137. The molecule has 0 saturated carbocycles. The summed E-state index contributed by atoms with van der Waals surface area (Å²) in [6.07, 6.45) is 2.06. The van der Waals surface area contributed by atoms with Gasteiger partial charge in [-0.1, -0.05) is 0 Å². The van der Waals surface area contributed by atoms with Crippen LogP contribution in [0.3, 0.4) is 0 Å². The van der Waals surface area contributed by atoms with E-state index < -0.39 is 35.0 Å². The van der Waals surface area contributed by atoms with Gasteiger partial charge in [0.2, 0.25) is 5.78 Å². The average molecular weight is 340 g/mol. The van der Waals surface area contributed by atoms with Gasteiger partial charge in [0.15, 0.2) is 23.4 Å². The number of rotatable bonds is 1. The van der Waals surface area contributed by atoms with Crippen molar-refractivity contribution >= 4 is 17.3 Å². The third-order valence-electron chi connectivity index (χ3n) is 4.58. The molecule has 0 amide bonds. The number of ketones is 3. The summed E-state index contributed by atoms with van der Waals surface area (Å²) in [5.74, 6) is -1.84. The molecular weight excluding hydrogens is 324 g/mol. The molecule has 0 N–H and O–H groups in total. The second kappa shape index (κ2) is 5.05. The van der Waals surface area contributed by atoms with Crippen LogP contribution in [0.5, 0.6) is 11.5 Å². The van der Waals surface area contributed by atoms with Crippen molar-refractivity contribution in [2.45, 2.75) is 25.6 Å². The van der Waals surface area contributed by atoms with Gasteiger partial charge in [0.05, 0.1) is 18.2 Å². The largest absolute Gasteiger partial charge is 0.497 e. The minimum absolute atomic E-state index is 0.0245. The Labute approximate surface area is 144 Å². The molecule has 1 aromatic rings. The minimum atomic E-state index is -1.19. The van der Waals surface area contributed by atoms with Gasteiger partial charge in [0.1, 0.15) is 23.0 Å². The third-order valence-corrected chi connectivity index (χ3v) is 4.58. The van der Waals surface area contributed by atoms with E-state index in [9.17, 15) is 14.4 Å². The van der Waals surface area contributed by atoms with Crippen LogP contribution >= 0.6 is 0 Å². The van der Waals surface area contributed by atoms with Crippen LogP contribution in [0.25, 0.3) is 0 Å². The van der Waals surface area contributed by atoms with Gasteiger partial charge in [-0.25, -0.2) is 0 Å². The number of allylic oxidation sites excluding steroid dienone is 2. The van der Waals surface area contributed by atoms with E-state index in [1.807, 2.05) is 0 Å². The summed E-state index contributed by atoms with van der Waals surface area (Å²) in [6, 6.07) is 4.72. The van der Waals surface area contributed by atoms with Crippen molar-refractivity contribution in [3.8, 4) is 11.5 Å². The van der Waals surface area contributed by atoms with Crippen LogP contribution in [-0.4, -0.2) is 36.2 Å². The first-order valence-electron chi connectivity index (χ1n) is 7.92. The molecule has 0 spiro atoms. The molecule has 6 nitrogen and oxygen atoms in total. The SMILES string of the molecule is COc1ccc2c(c1)C(=O)[C@H]1C(=O)C3=C(OC(C)(C)C=C3)C(=O)[C@@H]1O2. The number of Topliss-reactive ketones (excluding diaryl/α,β-unsaturated/α-hetero) is 3. The Morgan fingerprint density at radius 1 is 1.08 bits per heavy atom. The van der Waals surface area contributed by atoms with Crippen molar-refractivity contribution in [1.82, 2.24) is 0 Å². The highest BCUT2D eigenvalue weighted by atomic mass is 16.5. The quantitative estimate of drug-likeness (QED) is 0.728. The predicted octanol–water partition coefficient (Wildman–Crippen LogP) is 2.03. The van der Waals surface area contributed by atoms with Gasteiger partial charge < -0.3 is 14.2 Å². The van der Waals surface area contributed by atoms with Crippen molar-refractivity contribution in [3.05, 3.63) is 47.2 Å². The molecule has 0 unspecified atom stereocenters. The fraction of sp³-hybridized carbons (Fsp3) is 0.316. The Balaban J connectivity index is 1.81. The zero-order valence-electron chi connectivity index (χ0n) is 14.0. The number of benzene rings is 1. The molecule has 3 aliphatic rings. The van der Waals surface area contributed by atoms with Crippen LogP contribution in [0.2, 0.25) is 0 Å². The van der Waals surface area contributed by atoms with Gasteiger partial charge >= 0.3 is 0 Å². The molecule has 0 fully saturated rings. The Hall–Kier alpha value is -2.89. The van der Waals surface area contributed by atoms with E-state index in [1.54, 1.807) is 38.1 Å². The zero-order chi connectivity index (χ0) is 17.9. The Morgan fingerprint density at radius 2 is 1.84 bits per heavy atom. The molecule has 2 atom stereocenters. The van der Waals surface area contributed by atoms with E-state index in [0.29, 0.717) is 5.75 Å². The first-order chi connectivity index (χ1) is 11.8. The monoisotopic (exact) mass is 340 g/mol. The molecular formula is C19H16O6. The van der Waals surface area contributed by atoms with Crippen LogP contribution in [-0.2, 0) is 14.3 Å². The van der Waals surface area contributed by atoms with Crippen LogP contribution in [0.4, 0.5) is 0 Å². The number of fused-ring (bicyclic) bond motifs is 2. The summed E-state index contributed by atoms with van der Waals surface area (Å²) in [6.45, 7) is 3.57. The van der Waals surface area contributed by atoms with E-state index in [0.717, 1.165) is 0 Å². The summed E-state index contributed by atoms with van der Waals surface area (Å²) in [7, 11) is 1.48. The first kappa shape index (κ1) is 15.6. The van der Waals surface area contributed by atoms with E-state index >= 15 is 0 Å². The summed E-state index contributed by atoms with van der Waals surface area (Å²) < 4.78 is 16.5. The van der Waals surface area contributed by atoms with Gasteiger partial charge in [0.25, 0.3) is 0 Å². The van der Waals surface area contributed by atoms with Crippen molar-refractivity contribution in [1.29, 1.82) is 0 Å². The summed E-state index contributed by atoms with van der Waals surface area (Å²) in [5.41, 5.74) is -0.327. The maximum Gasteiger partial charge on any atom is 0.239 e. The maximum atomic E-state index is 12.9. The highest BCUT2D eigenvalue weighted by Crippen LogP contribution is 2.41. The number of carbonyl (C=O) groups excluding carboxylic acids is 3. The van der Waals surface area contributed by atoms with Crippen molar-refractivity contribution in [2.75, 3.05) is 7.11 Å². The molecule has 1 aromatic carbocycles. The van der Waals surface area contributed by atoms with Gasteiger partial charge in [-0.2, -0.15) is 0 Å². The summed E-state index contributed by atoms with van der Waals surface area (Å²) in [5, 5.41) is 0. The van der Waals surface area contributed by atoms with E-state index in [2.05, 4.69) is 0 Å². The first-order valence-corrected chi connectivity index (χ1v) is 7.92. The molecule has 6 heteroatoms. The average Bonchev–Trinajstić information content (AvgIpc) is 2.58. The van der Waals surface area contributed by atoms with E-state index in [-0.39, 0.29) is 22.6 Å². The number of hydrogen-bond acceptors (Lipinski definition) is 6. The standard InChI is InChI=1S/C19H16O6/c1-19(2)7-6-10-14(20)13-15(21)11-8-9(23-3)4-5-12(11)24-18(13)16(22)17(10)25-19/h4-8,13,18H,1-3H3/t13-,18-/m1/s1. The maximum absolute atomic E-state index is 12.9. The number of carbonyl (C=O) groups is 3. The van der Waals surface area contributed by atoms with Crippen molar-refractivity contribution < 1.29 is 28.6 Å². The Bertz CT molecular complexity index is 889. The third kappa shape index (κ3) is 2.21. The topological polar surface area (TPSA) is 78.9 Å². The molecule has 25 heavy (non-hydrogen) atoms.